The van der Waals surface area contributed by atoms with E-state index in [1.165, 1.54) is 16.7 Å². The zero-order valence-corrected chi connectivity index (χ0v) is 16.1. The number of carboxylic acids is 1. The number of thioether (sulfide) groups is 1. The third-order valence-corrected chi connectivity index (χ3v) is 5.68. The molecule has 0 bridgehead atoms. The maximum Gasteiger partial charge on any atom is 0.326 e. The monoisotopic (exact) mass is 424 g/mol. The summed E-state index contributed by atoms with van der Waals surface area (Å²) in [6, 6.07) is 4.48. The first-order valence-corrected chi connectivity index (χ1v) is 9.59. The highest BCUT2D eigenvalue weighted by molar-refractivity contribution is 9.10. The Hall–Kier alpha value is -1.80. The van der Waals surface area contributed by atoms with Crippen molar-refractivity contribution in [3.8, 4) is 0 Å². The molecule has 2 aliphatic rings. The van der Waals surface area contributed by atoms with E-state index >= 15 is 0 Å². The van der Waals surface area contributed by atoms with Crippen molar-refractivity contribution < 1.29 is 19.5 Å². The summed E-state index contributed by atoms with van der Waals surface area (Å²) in [5.74, 6) is -1.37. The summed E-state index contributed by atoms with van der Waals surface area (Å²) >= 11 is 4.59. The molecule has 2 N–H and O–H groups in total. The standard InChI is InChI=1S/C17H17BrN2O4S/c1-8(2)5-12(17(23)24)20-7-25-14(16(20)22)13-10-6-9(18)3-4-11(10)19-15(13)21/h3-4,6,8,12H,5,7H2,1-2H3,(H,19,21)(H,23,24)/b14-13-. The highest BCUT2D eigenvalue weighted by Gasteiger charge is 2.41. The van der Waals surface area contributed by atoms with Crippen molar-refractivity contribution in [1.82, 2.24) is 4.90 Å². The summed E-state index contributed by atoms with van der Waals surface area (Å²) in [4.78, 5) is 38.5. The van der Waals surface area contributed by atoms with Crippen LogP contribution in [0.5, 0.6) is 0 Å². The number of fused-ring (bicyclic) bond motifs is 1. The Balaban J connectivity index is 1.99. The van der Waals surface area contributed by atoms with Gasteiger partial charge in [0, 0.05) is 15.7 Å². The summed E-state index contributed by atoms with van der Waals surface area (Å²) in [5.41, 5.74) is 1.63. The van der Waals surface area contributed by atoms with Crippen LogP contribution in [-0.2, 0) is 14.4 Å². The summed E-state index contributed by atoms with van der Waals surface area (Å²) in [7, 11) is 0. The van der Waals surface area contributed by atoms with Crippen LogP contribution in [0.25, 0.3) is 5.57 Å². The maximum atomic E-state index is 12.9. The van der Waals surface area contributed by atoms with Gasteiger partial charge in [0.2, 0.25) is 0 Å². The van der Waals surface area contributed by atoms with E-state index in [1.807, 2.05) is 19.9 Å². The highest BCUT2D eigenvalue weighted by atomic mass is 79.9. The molecule has 0 saturated carbocycles. The van der Waals surface area contributed by atoms with Gasteiger partial charge in [0.05, 0.1) is 16.4 Å². The Morgan fingerprint density at radius 2 is 2.12 bits per heavy atom. The van der Waals surface area contributed by atoms with Gasteiger partial charge in [0.1, 0.15) is 6.04 Å². The first kappa shape index (κ1) is 18.0. The highest BCUT2D eigenvalue weighted by Crippen LogP contribution is 2.42. The number of aliphatic carboxylic acids is 1. The molecule has 3 rings (SSSR count). The zero-order valence-electron chi connectivity index (χ0n) is 13.7. The lowest BCUT2D eigenvalue weighted by molar-refractivity contribution is -0.148. The van der Waals surface area contributed by atoms with Gasteiger partial charge in [-0.3, -0.25) is 9.59 Å². The Bertz CT molecular complexity index is 806. The zero-order chi connectivity index (χ0) is 18.3. The van der Waals surface area contributed by atoms with Gasteiger partial charge in [0.15, 0.2) is 0 Å². The third kappa shape index (κ3) is 3.32. The van der Waals surface area contributed by atoms with E-state index in [2.05, 4.69) is 21.2 Å². The molecule has 0 aliphatic carbocycles. The van der Waals surface area contributed by atoms with Gasteiger partial charge in [-0.15, -0.1) is 0 Å². The van der Waals surface area contributed by atoms with Crippen LogP contribution < -0.4 is 5.32 Å². The second-order valence-corrected chi connectivity index (χ2v) is 8.25. The first-order chi connectivity index (χ1) is 11.8. The summed E-state index contributed by atoms with van der Waals surface area (Å²) in [5, 5.41) is 12.2. The molecule has 0 aromatic heterocycles. The average molecular weight is 425 g/mol. The van der Waals surface area contributed by atoms with E-state index in [0.29, 0.717) is 28.1 Å². The molecule has 1 saturated heterocycles. The minimum Gasteiger partial charge on any atom is -0.480 e. The third-order valence-electron chi connectivity index (χ3n) is 4.11. The molecule has 1 unspecified atom stereocenters. The molecule has 2 heterocycles. The van der Waals surface area contributed by atoms with E-state index in [9.17, 15) is 19.5 Å². The number of hydrogen-bond acceptors (Lipinski definition) is 4. The summed E-state index contributed by atoms with van der Waals surface area (Å²) < 4.78 is 0.802. The number of hydrogen-bond donors (Lipinski definition) is 2. The van der Waals surface area contributed by atoms with Crippen molar-refractivity contribution in [3.05, 3.63) is 33.1 Å². The normalized spacial score (nSPS) is 20.9. The molecular formula is C17H17BrN2O4S. The van der Waals surface area contributed by atoms with Crippen molar-refractivity contribution in [2.24, 2.45) is 5.92 Å². The predicted octanol–water partition coefficient (Wildman–Crippen LogP) is 3.14. The smallest absolute Gasteiger partial charge is 0.326 e. The van der Waals surface area contributed by atoms with Gasteiger partial charge >= 0.3 is 5.97 Å². The van der Waals surface area contributed by atoms with Crippen molar-refractivity contribution in [2.45, 2.75) is 26.3 Å². The van der Waals surface area contributed by atoms with Crippen molar-refractivity contribution >= 4 is 56.7 Å². The number of benzene rings is 1. The van der Waals surface area contributed by atoms with Gasteiger partial charge in [-0.1, -0.05) is 41.5 Å². The quantitative estimate of drug-likeness (QED) is 0.724. The number of carbonyl (C=O) groups is 3. The van der Waals surface area contributed by atoms with E-state index < -0.39 is 17.9 Å². The number of carboxylic acid groups (broad SMARTS) is 1. The average Bonchev–Trinajstić information content (AvgIpc) is 3.03. The molecule has 1 aromatic rings. The van der Waals surface area contributed by atoms with E-state index in [0.717, 1.165) is 4.47 Å². The van der Waals surface area contributed by atoms with Gasteiger partial charge in [-0.25, -0.2) is 4.79 Å². The van der Waals surface area contributed by atoms with Gasteiger partial charge in [-0.2, -0.15) is 0 Å². The van der Waals surface area contributed by atoms with Gasteiger partial charge in [-0.05, 0) is 30.5 Å². The Labute approximate surface area is 157 Å². The van der Waals surface area contributed by atoms with Crippen LogP contribution in [0.2, 0.25) is 0 Å². The van der Waals surface area contributed by atoms with Crippen LogP contribution >= 0.6 is 27.7 Å². The molecule has 1 atom stereocenters. The van der Waals surface area contributed by atoms with Crippen molar-refractivity contribution in [1.29, 1.82) is 0 Å². The van der Waals surface area contributed by atoms with Crippen LogP contribution in [0, 0.1) is 5.92 Å². The Morgan fingerprint density at radius 1 is 1.40 bits per heavy atom. The molecular weight excluding hydrogens is 408 g/mol. The molecule has 2 aliphatic heterocycles. The van der Waals surface area contributed by atoms with E-state index in [-0.39, 0.29) is 17.7 Å². The molecule has 132 valence electrons. The number of halogens is 1. The van der Waals surface area contributed by atoms with Crippen molar-refractivity contribution in [3.63, 3.8) is 0 Å². The van der Waals surface area contributed by atoms with Crippen LogP contribution in [0.3, 0.4) is 0 Å². The van der Waals surface area contributed by atoms with Crippen LogP contribution in [0.4, 0.5) is 5.69 Å². The minimum absolute atomic E-state index is 0.141. The molecule has 0 radical (unpaired) electrons. The number of nitrogens with one attached hydrogen (secondary N) is 1. The van der Waals surface area contributed by atoms with Crippen LogP contribution in [-0.4, -0.2) is 39.7 Å². The number of anilines is 1. The predicted molar refractivity (Wildman–Crippen MR) is 99.9 cm³/mol. The second-order valence-electron chi connectivity index (χ2n) is 6.38. The fourth-order valence-electron chi connectivity index (χ4n) is 2.97. The van der Waals surface area contributed by atoms with Crippen molar-refractivity contribution in [2.75, 3.05) is 11.2 Å². The minimum atomic E-state index is -1.02. The summed E-state index contributed by atoms with van der Waals surface area (Å²) in [6.45, 7) is 3.84. The maximum absolute atomic E-state index is 12.9. The number of rotatable bonds is 4. The van der Waals surface area contributed by atoms with Gasteiger partial charge in [0.25, 0.3) is 11.8 Å². The lowest BCUT2D eigenvalue weighted by Gasteiger charge is -2.24. The molecule has 1 aromatic carbocycles. The lowest BCUT2D eigenvalue weighted by Crippen LogP contribution is -2.43. The molecule has 0 spiro atoms. The molecule has 6 nitrogen and oxygen atoms in total. The summed E-state index contributed by atoms with van der Waals surface area (Å²) in [6.07, 6.45) is 0.374. The fraction of sp³-hybridized carbons (Fsp3) is 0.353. The Kier molecular flexibility index (Phi) is 4.92. The largest absolute Gasteiger partial charge is 0.480 e. The fourth-order valence-corrected chi connectivity index (χ4v) is 4.48. The number of carbonyl (C=O) groups excluding carboxylic acids is 2. The first-order valence-electron chi connectivity index (χ1n) is 7.81. The molecule has 1 fully saturated rings. The number of nitrogens with zero attached hydrogens (tertiary/aromatic N) is 1. The van der Waals surface area contributed by atoms with Crippen LogP contribution in [0.1, 0.15) is 25.8 Å². The molecule has 2 amide bonds. The van der Waals surface area contributed by atoms with Crippen LogP contribution in [0.15, 0.2) is 27.6 Å². The SMILES string of the molecule is CC(C)CC(C(=O)O)N1CS/C(=C2\C(=O)Nc3ccc(Br)cc32)C1=O. The second kappa shape index (κ2) is 6.84. The lowest BCUT2D eigenvalue weighted by atomic mass is 10.0. The topological polar surface area (TPSA) is 86.7 Å². The van der Waals surface area contributed by atoms with E-state index in [4.69, 9.17) is 0 Å². The number of amides is 2. The molecule has 8 heteroatoms. The van der Waals surface area contributed by atoms with Gasteiger partial charge < -0.3 is 15.3 Å². The molecule has 25 heavy (non-hydrogen) atoms. The Morgan fingerprint density at radius 3 is 2.76 bits per heavy atom. The van der Waals surface area contributed by atoms with E-state index in [1.54, 1.807) is 12.1 Å².